The third-order valence-corrected chi connectivity index (χ3v) is 6.24. The van der Waals surface area contributed by atoms with Crippen molar-refractivity contribution in [2.24, 2.45) is 5.92 Å². The van der Waals surface area contributed by atoms with Crippen molar-refractivity contribution in [1.29, 1.82) is 0 Å². The summed E-state index contributed by atoms with van der Waals surface area (Å²) in [6.07, 6.45) is -0.0485. The maximum absolute atomic E-state index is 13.0. The van der Waals surface area contributed by atoms with E-state index in [0.29, 0.717) is 19.7 Å². The first-order valence-electron chi connectivity index (χ1n) is 9.19. The summed E-state index contributed by atoms with van der Waals surface area (Å²) in [6.45, 7) is 7.01. The quantitative estimate of drug-likeness (QED) is 0.851. The highest BCUT2D eigenvalue weighted by atomic mass is 32.2. The van der Waals surface area contributed by atoms with E-state index in [1.807, 2.05) is 45.0 Å². The number of carbonyl (C=O) groups is 1. The third-order valence-electron chi connectivity index (χ3n) is 4.80. The van der Waals surface area contributed by atoms with Crippen molar-refractivity contribution in [1.82, 2.24) is 9.62 Å². The van der Waals surface area contributed by atoms with Crippen molar-refractivity contribution >= 4 is 26.7 Å². The average Bonchev–Trinajstić information content (AvgIpc) is 2.65. The number of carbonyl (C=O) groups excluding carboxylic acids is 1. The Labute approximate surface area is 160 Å². The molecule has 1 fully saturated rings. The molecule has 0 saturated carbocycles. The zero-order valence-corrected chi connectivity index (χ0v) is 16.7. The molecule has 1 saturated heterocycles. The van der Waals surface area contributed by atoms with Gasteiger partial charge in [0.05, 0.1) is 17.6 Å². The number of rotatable bonds is 5. The molecular weight excluding hydrogens is 364 g/mol. The van der Waals surface area contributed by atoms with E-state index >= 15 is 0 Å². The van der Waals surface area contributed by atoms with Crippen LogP contribution in [-0.2, 0) is 19.6 Å². The van der Waals surface area contributed by atoms with Gasteiger partial charge in [-0.1, -0.05) is 44.2 Å². The van der Waals surface area contributed by atoms with Crippen LogP contribution in [0, 0.1) is 5.92 Å². The van der Waals surface area contributed by atoms with Gasteiger partial charge in [0.15, 0.2) is 0 Å². The van der Waals surface area contributed by atoms with E-state index in [1.54, 1.807) is 23.1 Å². The first kappa shape index (κ1) is 19.8. The molecule has 0 spiro atoms. The van der Waals surface area contributed by atoms with Crippen molar-refractivity contribution in [3.63, 3.8) is 0 Å². The van der Waals surface area contributed by atoms with Crippen molar-refractivity contribution in [2.75, 3.05) is 19.7 Å². The largest absolute Gasteiger partial charge is 0.375 e. The van der Waals surface area contributed by atoms with Crippen molar-refractivity contribution < 1.29 is 17.9 Å². The lowest BCUT2D eigenvalue weighted by atomic mass is 10.0. The fourth-order valence-electron chi connectivity index (χ4n) is 3.26. The number of benzene rings is 2. The van der Waals surface area contributed by atoms with E-state index in [4.69, 9.17) is 4.74 Å². The number of hydrogen-bond acceptors (Lipinski definition) is 4. The number of sulfonamides is 1. The Kier molecular flexibility index (Phi) is 5.83. The van der Waals surface area contributed by atoms with Crippen LogP contribution in [0.5, 0.6) is 0 Å². The Bertz CT molecular complexity index is 926. The second-order valence-electron chi connectivity index (χ2n) is 7.32. The zero-order valence-electron chi connectivity index (χ0n) is 15.9. The van der Waals surface area contributed by atoms with Crippen LogP contribution in [-0.4, -0.2) is 51.1 Å². The van der Waals surface area contributed by atoms with Crippen molar-refractivity contribution in [2.45, 2.75) is 37.8 Å². The van der Waals surface area contributed by atoms with E-state index in [1.165, 1.54) is 0 Å². The van der Waals surface area contributed by atoms with Crippen molar-refractivity contribution in [3.8, 4) is 0 Å². The molecule has 2 unspecified atom stereocenters. The summed E-state index contributed by atoms with van der Waals surface area (Å²) in [5, 5.41) is 1.81. The lowest BCUT2D eigenvalue weighted by molar-refractivity contribution is -0.141. The molecule has 2 atom stereocenters. The van der Waals surface area contributed by atoms with Gasteiger partial charge in [-0.2, -0.15) is 4.72 Å². The third kappa shape index (κ3) is 4.48. The van der Waals surface area contributed by atoms with E-state index in [-0.39, 0.29) is 22.8 Å². The molecule has 1 aliphatic heterocycles. The molecule has 27 heavy (non-hydrogen) atoms. The Morgan fingerprint density at radius 2 is 1.89 bits per heavy atom. The molecule has 0 bridgehead atoms. The Morgan fingerprint density at radius 3 is 2.56 bits per heavy atom. The summed E-state index contributed by atoms with van der Waals surface area (Å²) in [4.78, 5) is 14.8. The lowest BCUT2D eigenvalue weighted by Gasteiger charge is -2.34. The van der Waals surface area contributed by atoms with Gasteiger partial charge in [0.25, 0.3) is 0 Å². The lowest BCUT2D eigenvalue weighted by Crippen LogP contribution is -2.55. The maximum Gasteiger partial charge on any atom is 0.241 e. The van der Waals surface area contributed by atoms with Gasteiger partial charge in [-0.15, -0.1) is 0 Å². The zero-order chi connectivity index (χ0) is 19.6. The topological polar surface area (TPSA) is 75.7 Å². The number of hydrogen-bond donors (Lipinski definition) is 1. The first-order chi connectivity index (χ1) is 12.8. The highest BCUT2D eigenvalue weighted by Gasteiger charge is 2.33. The van der Waals surface area contributed by atoms with Crippen LogP contribution >= 0.6 is 0 Å². The molecule has 0 aliphatic carbocycles. The number of ether oxygens (including phenoxy) is 1. The molecule has 0 aromatic heterocycles. The summed E-state index contributed by atoms with van der Waals surface area (Å²) in [5.74, 6) is -0.379. The highest BCUT2D eigenvalue weighted by molar-refractivity contribution is 7.89. The van der Waals surface area contributed by atoms with Gasteiger partial charge in [0.1, 0.15) is 6.04 Å². The molecule has 1 aliphatic rings. The number of amides is 1. The molecule has 3 rings (SSSR count). The average molecular weight is 391 g/mol. The van der Waals surface area contributed by atoms with Gasteiger partial charge in [-0.25, -0.2) is 8.42 Å². The summed E-state index contributed by atoms with van der Waals surface area (Å²) >= 11 is 0. The highest BCUT2D eigenvalue weighted by Crippen LogP contribution is 2.20. The van der Waals surface area contributed by atoms with Crippen LogP contribution in [0.15, 0.2) is 47.4 Å². The number of nitrogens with zero attached hydrogens (tertiary/aromatic N) is 1. The molecule has 1 amide bonds. The Morgan fingerprint density at radius 1 is 1.19 bits per heavy atom. The predicted octanol–water partition coefficient (Wildman–Crippen LogP) is 2.39. The van der Waals surface area contributed by atoms with E-state index in [2.05, 4.69) is 4.72 Å². The molecule has 6 nitrogen and oxygen atoms in total. The minimum Gasteiger partial charge on any atom is -0.375 e. The SMILES string of the molecule is CC1CN(C(=O)C(NS(=O)(=O)c2ccc3ccccc3c2)C(C)C)CCO1. The predicted molar refractivity (Wildman–Crippen MR) is 105 cm³/mol. The van der Waals surface area contributed by atoms with Gasteiger partial charge >= 0.3 is 0 Å². The van der Waals surface area contributed by atoms with Crippen LogP contribution in [0.25, 0.3) is 10.8 Å². The number of nitrogens with one attached hydrogen (secondary N) is 1. The molecular formula is C20H26N2O4S. The standard InChI is InChI=1S/C20H26N2O4S/c1-14(2)19(20(23)22-10-11-26-15(3)13-22)21-27(24,25)18-9-8-16-6-4-5-7-17(16)12-18/h4-9,12,14-15,19,21H,10-11,13H2,1-3H3. The summed E-state index contributed by atoms with van der Waals surface area (Å²) in [7, 11) is -3.82. The van der Waals surface area contributed by atoms with Crippen LogP contribution in [0.2, 0.25) is 0 Å². The van der Waals surface area contributed by atoms with E-state index in [0.717, 1.165) is 10.8 Å². The van der Waals surface area contributed by atoms with Crippen molar-refractivity contribution in [3.05, 3.63) is 42.5 Å². The van der Waals surface area contributed by atoms with Gasteiger partial charge in [-0.3, -0.25) is 4.79 Å². The van der Waals surface area contributed by atoms with Gasteiger partial charge in [-0.05, 0) is 35.7 Å². The normalized spacial score (nSPS) is 19.4. The molecule has 2 aromatic carbocycles. The smallest absolute Gasteiger partial charge is 0.241 e. The summed E-state index contributed by atoms with van der Waals surface area (Å²) < 4.78 is 34.0. The minimum atomic E-state index is -3.82. The molecule has 7 heteroatoms. The molecule has 2 aromatic rings. The van der Waals surface area contributed by atoms with Gasteiger partial charge in [0.2, 0.25) is 15.9 Å². The maximum atomic E-state index is 13.0. The Hall–Kier alpha value is -1.96. The van der Waals surface area contributed by atoms with Crippen LogP contribution < -0.4 is 4.72 Å². The number of morpholine rings is 1. The Balaban J connectivity index is 1.84. The number of fused-ring (bicyclic) bond motifs is 1. The van der Waals surface area contributed by atoms with Crippen LogP contribution in [0.4, 0.5) is 0 Å². The monoisotopic (exact) mass is 390 g/mol. The summed E-state index contributed by atoms with van der Waals surface area (Å²) in [5.41, 5.74) is 0. The molecule has 0 radical (unpaired) electrons. The summed E-state index contributed by atoms with van der Waals surface area (Å²) in [6, 6.07) is 11.7. The second kappa shape index (κ2) is 7.96. The molecule has 1 N–H and O–H groups in total. The first-order valence-corrected chi connectivity index (χ1v) is 10.7. The van der Waals surface area contributed by atoms with E-state index < -0.39 is 16.1 Å². The van der Waals surface area contributed by atoms with Gasteiger partial charge in [0, 0.05) is 13.1 Å². The van der Waals surface area contributed by atoms with Gasteiger partial charge < -0.3 is 9.64 Å². The van der Waals surface area contributed by atoms with Crippen LogP contribution in [0.1, 0.15) is 20.8 Å². The second-order valence-corrected chi connectivity index (χ2v) is 9.03. The minimum absolute atomic E-state index is 0.0485. The fraction of sp³-hybridized carbons (Fsp3) is 0.450. The molecule has 146 valence electrons. The van der Waals surface area contributed by atoms with E-state index in [9.17, 15) is 13.2 Å². The fourth-order valence-corrected chi connectivity index (χ4v) is 4.63. The van der Waals surface area contributed by atoms with Crippen LogP contribution in [0.3, 0.4) is 0 Å². The molecule has 1 heterocycles.